The maximum atomic E-state index is 10.1. The largest absolute Gasteiger partial charge is 0.411 e. The molecule has 110 valence electrons. The predicted octanol–water partition coefficient (Wildman–Crippen LogP) is 4.88. The Balaban J connectivity index is 4.10. The Morgan fingerprint density at radius 2 is 1.79 bits per heavy atom. The maximum Gasteiger partial charge on any atom is 0.192 e. The van der Waals surface area contributed by atoms with E-state index < -0.39 is 8.32 Å². The highest BCUT2D eigenvalue weighted by Crippen LogP contribution is 2.37. The van der Waals surface area contributed by atoms with Crippen LogP contribution in [0.3, 0.4) is 0 Å². The predicted molar refractivity (Wildman–Crippen MR) is 85.9 cm³/mol. The molecule has 2 nitrogen and oxygen atoms in total. The molecule has 0 amide bonds. The van der Waals surface area contributed by atoms with Gasteiger partial charge in [-0.25, -0.2) is 0 Å². The van der Waals surface area contributed by atoms with Gasteiger partial charge in [-0.2, -0.15) is 0 Å². The fourth-order valence-corrected chi connectivity index (χ4v) is 2.76. The van der Waals surface area contributed by atoms with Crippen LogP contribution in [0.25, 0.3) is 0 Å². The molecule has 0 aliphatic heterocycles. The molecule has 0 spiro atoms. The van der Waals surface area contributed by atoms with E-state index in [1.165, 1.54) is 0 Å². The summed E-state index contributed by atoms with van der Waals surface area (Å²) in [5.74, 6) is 0. The molecular weight excluding hydrogens is 252 g/mol. The van der Waals surface area contributed by atoms with E-state index in [0.29, 0.717) is 6.42 Å². The lowest BCUT2D eigenvalue weighted by molar-refractivity contribution is -0.107. The fraction of sp³-hybridized carbons (Fsp3) is 0.688. The van der Waals surface area contributed by atoms with Crippen molar-refractivity contribution in [2.24, 2.45) is 0 Å². The number of carbonyl (C=O) groups excluding carboxylic acids is 1. The molecule has 0 aromatic rings. The first-order valence-corrected chi connectivity index (χ1v) is 10.1. The third-order valence-corrected chi connectivity index (χ3v) is 8.18. The fourth-order valence-electron chi connectivity index (χ4n) is 1.40. The molecule has 0 aromatic carbocycles. The highest BCUT2D eigenvalue weighted by molar-refractivity contribution is 6.74. The number of unbranched alkanes of at least 4 members (excludes halogenated alkanes) is 2. The minimum atomic E-state index is -1.67. The molecule has 0 heterocycles. The van der Waals surface area contributed by atoms with Crippen LogP contribution in [0.2, 0.25) is 18.1 Å². The lowest BCUT2D eigenvalue weighted by Crippen LogP contribution is -2.42. The van der Waals surface area contributed by atoms with Gasteiger partial charge in [0.05, 0.1) is 6.10 Å². The maximum absolute atomic E-state index is 10.1. The zero-order chi connectivity index (χ0) is 14.9. The normalized spacial score (nSPS) is 15.3. The molecule has 0 bridgehead atoms. The Kier molecular flexibility index (Phi) is 8.19. The molecule has 0 fully saturated rings. The Morgan fingerprint density at radius 1 is 1.16 bits per heavy atom. The van der Waals surface area contributed by atoms with E-state index >= 15 is 0 Å². The van der Waals surface area contributed by atoms with Crippen molar-refractivity contribution in [3.8, 4) is 0 Å². The molecule has 19 heavy (non-hydrogen) atoms. The topological polar surface area (TPSA) is 26.3 Å². The van der Waals surface area contributed by atoms with Crippen LogP contribution >= 0.6 is 0 Å². The van der Waals surface area contributed by atoms with Crippen LogP contribution in [0, 0.1) is 0 Å². The number of allylic oxidation sites excluding steroid dienone is 3. The van der Waals surface area contributed by atoms with Gasteiger partial charge in [0.15, 0.2) is 8.32 Å². The number of aldehydes is 1. The van der Waals surface area contributed by atoms with Gasteiger partial charge in [-0.15, -0.1) is 0 Å². The van der Waals surface area contributed by atoms with Crippen molar-refractivity contribution >= 4 is 14.6 Å². The van der Waals surface area contributed by atoms with Crippen LogP contribution < -0.4 is 0 Å². The van der Waals surface area contributed by atoms with Crippen molar-refractivity contribution in [1.29, 1.82) is 0 Å². The zero-order valence-corrected chi connectivity index (χ0v) is 14.4. The molecule has 1 atom stereocenters. The standard InChI is InChI=1S/C16H30O2Si/c1-15(18-19(5,6)16(2,3)4)13-11-9-7-8-10-12-14-17/h7,9,11,13-15H,8,10,12H2,1-6H3/b9-7-,13-11+. The van der Waals surface area contributed by atoms with E-state index in [1.807, 2.05) is 12.2 Å². The van der Waals surface area contributed by atoms with Gasteiger partial charge in [0.2, 0.25) is 0 Å². The third kappa shape index (κ3) is 8.17. The summed E-state index contributed by atoms with van der Waals surface area (Å²) in [7, 11) is -1.67. The van der Waals surface area contributed by atoms with Crippen molar-refractivity contribution in [3.63, 3.8) is 0 Å². The van der Waals surface area contributed by atoms with Gasteiger partial charge < -0.3 is 9.22 Å². The summed E-state index contributed by atoms with van der Waals surface area (Å²) in [5.41, 5.74) is 0. The van der Waals surface area contributed by atoms with E-state index in [1.54, 1.807) is 0 Å². The van der Waals surface area contributed by atoms with Gasteiger partial charge in [-0.05, 0) is 37.9 Å². The van der Waals surface area contributed by atoms with E-state index in [0.717, 1.165) is 19.1 Å². The van der Waals surface area contributed by atoms with Crippen molar-refractivity contribution in [1.82, 2.24) is 0 Å². The van der Waals surface area contributed by atoms with Crippen LogP contribution in [0.1, 0.15) is 47.0 Å². The minimum Gasteiger partial charge on any atom is -0.411 e. The second-order valence-corrected chi connectivity index (χ2v) is 11.3. The smallest absolute Gasteiger partial charge is 0.192 e. The number of rotatable bonds is 8. The zero-order valence-electron chi connectivity index (χ0n) is 13.4. The molecule has 0 aliphatic rings. The summed E-state index contributed by atoms with van der Waals surface area (Å²) in [6, 6.07) is 0. The second-order valence-electron chi connectivity index (χ2n) is 6.49. The van der Waals surface area contributed by atoms with Crippen molar-refractivity contribution in [2.45, 2.75) is 71.2 Å². The summed E-state index contributed by atoms with van der Waals surface area (Å²) < 4.78 is 6.22. The Hall–Kier alpha value is -0.673. The lowest BCUT2D eigenvalue weighted by atomic mass is 10.2. The summed E-state index contributed by atoms with van der Waals surface area (Å²) >= 11 is 0. The minimum absolute atomic E-state index is 0.153. The van der Waals surface area contributed by atoms with Crippen LogP contribution in [0.5, 0.6) is 0 Å². The van der Waals surface area contributed by atoms with Crippen LogP contribution in [0.4, 0.5) is 0 Å². The molecule has 0 N–H and O–H groups in total. The SMILES string of the molecule is CC(/C=C/C=C\CCCC=O)O[Si](C)(C)C(C)(C)C. The quantitative estimate of drug-likeness (QED) is 0.274. The van der Waals surface area contributed by atoms with Gasteiger partial charge in [-0.1, -0.05) is 45.1 Å². The molecule has 0 aromatic heterocycles. The number of carbonyl (C=O) groups is 1. The van der Waals surface area contributed by atoms with Gasteiger partial charge >= 0.3 is 0 Å². The first-order chi connectivity index (χ1) is 8.70. The van der Waals surface area contributed by atoms with Crippen LogP contribution in [0.15, 0.2) is 24.3 Å². The van der Waals surface area contributed by atoms with Gasteiger partial charge in [0.1, 0.15) is 6.29 Å². The summed E-state index contributed by atoms with van der Waals surface area (Å²) in [6.07, 6.45) is 11.9. The second kappa shape index (κ2) is 8.49. The van der Waals surface area contributed by atoms with Gasteiger partial charge in [0.25, 0.3) is 0 Å². The highest BCUT2D eigenvalue weighted by Gasteiger charge is 2.37. The van der Waals surface area contributed by atoms with E-state index in [-0.39, 0.29) is 11.1 Å². The number of hydrogen-bond acceptors (Lipinski definition) is 2. The summed E-state index contributed by atoms with van der Waals surface area (Å²) in [5, 5.41) is 0.250. The monoisotopic (exact) mass is 282 g/mol. The molecule has 0 saturated carbocycles. The van der Waals surface area contributed by atoms with Crippen molar-refractivity contribution in [3.05, 3.63) is 24.3 Å². The Bertz CT molecular complexity index is 311. The van der Waals surface area contributed by atoms with E-state index in [4.69, 9.17) is 4.43 Å². The summed E-state index contributed by atoms with van der Waals surface area (Å²) in [6.45, 7) is 13.4. The van der Waals surface area contributed by atoms with E-state index in [2.05, 4.69) is 52.9 Å². The first kappa shape index (κ1) is 18.3. The van der Waals surface area contributed by atoms with Gasteiger partial charge in [0, 0.05) is 6.42 Å². The van der Waals surface area contributed by atoms with Crippen molar-refractivity contribution < 1.29 is 9.22 Å². The molecule has 3 heteroatoms. The lowest BCUT2D eigenvalue weighted by Gasteiger charge is -2.37. The molecular formula is C16H30O2Si. The first-order valence-electron chi connectivity index (χ1n) is 7.15. The Morgan fingerprint density at radius 3 is 2.32 bits per heavy atom. The molecule has 0 aliphatic carbocycles. The molecule has 0 rings (SSSR count). The highest BCUT2D eigenvalue weighted by atomic mass is 28.4. The average Bonchev–Trinajstić information content (AvgIpc) is 2.25. The van der Waals surface area contributed by atoms with Crippen LogP contribution in [-0.2, 0) is 9.22 Å². The van der Waals surface area contributed by atoms with Crippen LogP contribution in [-0.4, -0.2) is 20.7 Å². The number of hydrogen-bond donors (Lipinski definition) is 0. The van der Waals surface area contributed by atoms with Gasteiger partial charge in [-0.3, -0.25) is 0 Å². The third-order valence-electron chi connectivity index (χ3n) is 3.61. The Labute approximate surface area is 120 Å². The molecule has 1 unspecified atom stereocenters. The molecule has 0 radical (unpaired) electrons. The van der Waals surface area contributed by atoms with E-state index in [9.17, 15) is 4.79 Å². The average molecular weight is 283 g/mol. The van der Waals surface area contributed by atoms with Crippen molar-refractivity contribution in [2.75, 3.05) is 0 Å². The summed E-state index contributed by atoms with van der Waals surface area (Å²) in [4.78, 5) is 10.1. The molecule has 0 saturated heterocycles.